The van der Waals surface area contributed by atoms with E-state index < -0.39 is 0 Å². The van der Waals surface area contributed by atoms with E-state index in [4.69, 9.17) is 5.26 Å². The van der Waals surface area contributed by atoms with Crippen LogP contribution in [0.2, 0.25) is 0 Å². The molecule has 0 aliphatic carbocycles. The van der Waals surface area contributed by atoms with Gasteiger partial charge in [0, 0.05) is 4.88 Å². The monoisotopic (exact) mass is 208 g/mol. The summed E-state index contributed by atoms with van der Waals surface area (Å²) in [6.07, 6.45) is 0.389. The van der Waals surface area contributed by atoms with E-state index in [1.807, 2.05) is 25.1 Å². The van der Waals surface area contributed by atoms with Gasteiger partial charge in [0.05, 0.1) is 23.9 Å². The topological polar surface area (TPSA) is 44.1 Å². The Morgan fingerprint density at radius 3 is 2.86 bits per heavy atom. The molecule has 4 heteroatoms. The van der Waals surface area contributed by atoms with E-state index in [0.29, 0.717) is 13.0 Å². The van der Waals surface area contributed by atoms with Crippen LogP contribution in [0.15, 0.2) is 12.1 Å². The molecule has 0 aliphatic heterocycles. The molecule has 0 aliphatic rings. The third kappa shape index (κ3) is 2.95. The van der Waals surface area contributed by atoms with Crippen molar-refractivity contribution >= 4 is 17.1 Å². The maximum absolute atomic E-state index is 11.6. The summed E-state index contributed by atoms with van der Waals surface area (Å²) in [7, 11) is 3.73. The van der Waals surface area contributed by atoms with Crippen LogP contribution in [0.5, 0.6) is 0 Å². The highest BCUT2D eigenvalue weighted by atomic mass is 32.1. The van der Waals surface area contributed by atoms with Gasteiger partial charge in [-0.1, -0.05) is 0 Å². The Bertz CT molecular complexity index is 362. The fraction of sp³-hybridized carbons (Fsp3) is 0.400. The molecular weight excluding hydrogens is 196 g/mol. The minimum Gasteiger partial charge on any atom is -0.302 e. The summed E-state index contributed by atoms with van der Waals surface area (Å²) < 4.78 is 0. The Morgan fingerprint density at radius 2 is 2.29 bits per heavy atom. The standard InChI is InChI=1S/C10H12N2OS/c1-12(2)7-9(13)10-4-3-8(14-10)5-6-11/h3-4H,5,7H2,1-2H3. The second-order valence-corrected chi connectivity index (χ2v) is 4.43. The smallest absolute Gasteiger partial charge is 0.186 e. The first kappa shape index (κ1) is 10.9. The quantitative estimate of drug-likeness (QED) is 0.705. The van der Waals surface area contributed by atoms with Gasteiger partial charge in [-0.15, -0.1) is 11.3 Å². The van der Waals surface area contributed by atoms with Gasteiger partial charge >= 0.3 is 0 Å². The van der Waals surface area contributed by atoms with Crippen molar-refractivity contribution in [3.63, 3.8) is 0 Å². The number of carbonyl (C=O) groups is 1. The van der Waals surface area contributed by atoms with Gasteiger partial charge in [0.2, 0.25) is 0 Å². The minimum atomic E-state index is 0.115. The summed E-state index contributed by atoms with van der Waals surface area (Å²) >= 11 is 1.41. The van der Waals surface area contributed by atoms with E-state index in [-0.39, 0.29) is 5.78 Å². The molecule has 0 N–H and O–H groups in total. The first-order chi connectivity index (χ1) is 6.63. The highest BCUT2D eigenvalue weighted by Crippen LogP contribution is 2.17. The number of carbonyl (C=O) groups excluding carboxylic acids is 1. The van der Waals surface area contributed by atoms with Crippen molar-refractivity contribution in [3.8, 4) is 6.07 Å². The van der Waals surface area contributed by atoms with E-state index in [2.05, 4.69) is 6.07 Å². The maximum atomic E-state index is 11.6. The first-order valence-corrected chi connectivity index (χ1v) is 5.08. The van der Waals surface area contributed by atoms with E-state index in [9.17, 15) is 4.79 Å². The van der Waals surface area contributed by atoms with Crippen molar-refractivity contribution in [2.45, 2.75) is 6.42 Å². The van der Waals surface area contributed by atoms with Gasteiger partial charge in [-0.2, -0.15) is 5.26 Å². The number of ketones is 1. The minimum absolute atomic E-state index is 0.115. The Kier molecular flexibility index (Phi) is 3.81. The second-order valence-electron chi connectivity index (χ2n) is 3.26. The average molecular weight is 208 g/mol. The molecule has 0 radical (unpaired) electrons. The van der Waals surface area contributed by atoms with Gasteiger partial charge in [-0.05, 0) is 26.2 Å². The van der Waals surface area contributed by atoms with Gasteiger partial charge in [-0.25, -0.2) is 0 Å². The number of hydrogen-bond donors (Lipinski definition) is 0. The van der Waals surface area contributed by atoms with Crippen LogP contribution >= 0.6 is 11.3 Å². The molecule has 1 aromatic heterocycles. The molecule has 1 heterocycles. The van der Waals surface area contributed by atoms with Gasteiger partial charge in [0.15, 0.2) is 5.78 Å². The average Bonchev–Trinajstić information content (AvgIpc) is 2.52. The normalized spacial score (nSPS) is 10.1. The Hall–Kier alpha value is -1.18. The van der Waals surface area contributed by atoms with Crippen molar-refractivity contribution in [1.29, 1.82) is 5.26 Å². The number of likely N-dealkylation sites (N-methyl/N-ethyl adjacent to an activating group) is 1. The fourth-order valence-corrected chi connectivity index (χ4v) is 1.94. The molecule has 0 spiro atoms. The van der Waals surface area contributed by atoms with Crippen molar-refractivity contribution in [3.05, 3.63) is 21.9 Å². The number of Topliss-reactive ketones (excluding diaryl/α,β-unsaturated/α-hetero) is 1. The Balaban J connectivity index is 2.67. The molecule has 0 bridgehead atoms. The molecule has 74 valence electrons. The first-order valence-electron chi connectivity index (χ1n) is 4.27. The summed E-state index contributed by atoms with van der Waals surface area (Å²) in [5.74, 6) is 0.115. The summed E-state index contributed by atoms with van der Waals surface area (Å²) in [6, 6.07) is 5.70. The summed E-state index contributed by atoms with van der Waals surface area (Å²) in [6.45, 7) is 0.423. The molecule has 14 heavy (non-hydrogen) atoms. The largest absolute Gasteiger partial charge is 0.302 e. The predicted octanol–water partition coefficient (Wildman–Crippen LogP) is 1.56. The van der Waals surface area contributed by atoms with E-state index in [1.54, 1.807) is 6.07 Å². The molecular formula is C10H12N2OS. The van der Waals surface area contributed by atoms with Gasteiger partial charge in [0.25, 0.3) is 0 Å². The second kappa shape index (κ2) is 4.89. The van der Waals surface area contributed by atoms with Crippen LogP contribution in [-0.2, 0) is 6.42 Å². The lowest BCUT2D eigenvalue weighted by Crippen LogP contribution is -2.20. The van der Waals surface area contributed by atoms with E-state index >= 15 is 0 Å². The molecule has 1 aromatic rings. The maximum Gasteiger partial charge on any atom is 0.186 e. The van der Waals surface area contributed by atoms with Crippen LogP contribution < -0.4 is 0 Å². The molecule has 0 saturated heterocycles. The molecule has 0 fully saturated rings. The van der Waals surface area contributed by atoms with Crippen LogP contribution in [0.25, 0.3) is 0 Å². The third-order valence-corrected chi connectivity index (χ3v) is 2.78. The lowest BCUT2D eigenvalue weighted by molar-refractivity contribution is 0.0962. The van der Waals surface area contributed by atoms with Crippen LogP contribution in [0.3, 0.4) is 0 Å². The van der Waals surface area contributed by atoms with Crippen LogP contribution in [0.1, 0.15) is 14.5 Å². The number of nitriles is 1. The molecule has 0 unspecified atom stereocenters. The molecule has 0 aromatic carbocycles. The van der Waals surface area contributed by atoms with Crippen LogP contribution in [0.4, 0.5) is 0 Å². The Labute approximate surface area is 87.6 Å². The molecule has 0 saturated carbocycles. The van der Waals surface area contributed by atoms with Crippen molar-refractivity contribution in [2.24, 2.45) is 0 Å². The number of rotatable bonds is 4. The van der Waals surface area contributed by atoms with Crippen molar-refractivity contribution in [1.82, 2.24) is 4.90 Å². The van der Waals surface area contributed by atoms with Crippen LogP contribution in [-0.4, -0.2) is 31.3 Å². The number of nitrogens with zero attached hydrogens (tertiary/aromatic N) is 2. The zero-order chi connectivity index (χ0) is 10.6. The predicted molar refractivity (Wildman–Crippen MR) is 56.5 cm³/mol. The molecule has 0 atom stereocenters. The van der Waals surface area contributed by atoms with Gasteiger partial charge in [-0.3, -0.25) is 4.79 Å². The lowest BCUT2D eigenvalue weighted by Gasteiger charge is -2.05. The number of thiophene rings is 1. The SMILES string of the molecule is CN(C)CC(=O)c1ccc(CC#N)s1. The van der Waals surface area contributed by atoms with Crippen molar-refractivity contribution in [2.75, 3.05) is 20.6 Å². The zero-order valence-electron chi connectivity index (χ0n) is 8.28. The van der Waals surface area contributed by atoms with Gasteiger partial charge < -0.3 is 4.90 Å². The van der Waals surface area contributed by atoms with E-state index in [0.717, 1.165) is 9.75 Å². The Morgan fingerprint density at radius 1 is 1.57 bits per heavy atom. The van der Waals surface area contributed by atoms with E-state index in [1.165, 1.54) is 11.3 Å². The molecule has 1 rings (SSSR count). The molecule has 3 nitrogen and oxygen atoms in total. The molecule has 0 amide bonds. The number of hydrogen-bond acceptors (Lipinski definition) is 4. The highest BCUT2D eigenvalue weighted by Gasteiger charge is 2.09. The van der Waals surface area contributed by atoms with Crippen LogP contribution in [0, 0.1) is 11.3 Å². The highest BCUT2D eigenvalue weighted by molar-refractivity contribution is 7.14. The summed E-state index contributed by atoms with van der Waals surface area (Å²) in [4.78, 5) is 15.1. The van der Waals surface area contributed by atoms with Crippen molar-refractivity contribution < 1.29 is 4.79 Å². The zero-order valence-corrected chi connectivity index (χ0v) is 9.10. The lowest BCUT2D eigenvalue weighted by atomic mass is 10.3. The third-order valence-electron chi connectivity index (χ3n) is 1.65. The van der Waals surface area contributed by atoms with Gasteiger partial charge in [0.1, 0.15) is 0 Å². The fourth-order valence-electron chi connectivity index (χ4n) is 1.07. The summed E-state index contributed by atoms with van der Waals surface area (Å²) in [5.41, 5.74) is 0. The summed E-state index contributed by atoms with van der Waals surface area (Å²) in [5, 5.41) is 8.48.